The molecule has 1 aromatic carbocycles. The van der Waals surface area contributed by atoms with Crippen molar-refractivity contribution in [3.8, 4) is 5.75 Å². The van der Waals surface area contributed by atoms with E-state index >= 15 is 0 Å². The van der Waals surface area contributed by atoms with Gasteiger partial charge in [-0.3, -0.25) is 4.57 Å². The van der Waals surface area contributed by atoms with E-state index in [2.05, 4.69) is 6.58 Å². The summed E-state index contributed by atoms with van der Waals surface area (Å²) in [5.41, 5.74) is 0.928. The Morgan fingerprint density at radius 3 is 2.47 bits per heavy atom. The molecule has 0 aromatic heterocycles. The summed E-state index contributed by atoms with van der Waals surface area (Å²) in [6.07, 6.45) is 1.67. The highest BCUT2D eigenvalue weighted by Crippen LogP contribution is 2.57. The minimum Gasteiger partial charge on any atom is -0.433 e. The van der Waals surface area contributed by atoms with Gasteiger partial charge in [-0.25, -0.2) is 0 Å². The lowest BCUT2D eigenvalue weighted by molar-refractivity contribution is 0.505. The van der Waals surface area contributed by atoms with E-state index in [1.165, 1.54) is 18.0 Å². The number of hydrogen-bond acceptors (Lipinski definition) is 3. The molecule has 0 saturated heterocycles. The predicted octanol–water partition coefficient (Wildman–Crippen LogP) is 5.42. The maximum absolute atomic E-state index is 12.1. The SMILES string of the molecule is C=CCSP(C)(=O)Oc1c(Cl)cc(C)cc1Cl. The Morgan fingerprint density at radius 2 is 2.00 bits per heavy atom. The average Bonchev–Trinajstić information content (AvgIpc) is 2.21. The van der Waals surface area contributed by atoms with E-state index in [1.54, 1.807) is 18.2 Å². The monoisotopic (exact) mass is 310 g/mol. The third-order valence-electron chi connectivity index (χ3n) is 1.83. The Bertz CT molecular complexity index is 454. The first-order chi connectivity index (χ1) is 7.85. The van der Waals surface area contributed by atoms with Gasteiger partial charge in [-0.2, -0.15) is 0 Å². The van der Waals surface area contributed by atoms with Crippen LogP contribution >= 0.6 is 41.2 Å². The third kappa shape index (κ3) is 4.59. The van der Waals surface area contributed by atoms with Gasteiger partial charge in [0.2, 0.25) is 0 Å². The molecule has 94 valence electrons. The van der Waals surface area contributed by atoms with E-state index in [0.29, 0.717) is 15.8 Å². The maximum atomic E-state index is 12.1. The molecule has 1 rings (SSSR count). The quantitative estimate of drug-likeness (QED) is 0.536. The van der Waals surface area contributed by atoms with Crippen LogP contribution in [0.15, 0.2) is 24.8 Å². The van der Waals surface area contributed by atoms with Crippen LogP contribution in [0.5, 0.6) is 5.75 Å². The number of benzene rings is 1. The highest BCUT2D eigenvalue weighted by atomic mass is 35.5. The summed E-state index contributed by atoms with van der Waals surface area (Å²) >= 11 is 13.2. The van der Waals surface area contributed by atoms with Crippen LogP contribution in [0.25, 0.3) is 0 Å². The van der Waals surface area contributed by atoms with Crippen LogP contribution in [0, 0.1) is 6.92 Å². The summed E-state index contributed by atoms with van der Waals surface area (Å²) in [6, 6.07) is 3.45. The van der Waals surface area contributed by atoms with Gasteiger partial charge in [0.1, 0.15) is 0 Å². The average molecular weight is 311 g/mol. The van der Waals surface area contributed by atoms with Crippen molar-refractivity contribution in [2.24, 2.45) is 0 Å². The molecule has 0 amide bonds. The fraction of sp³-hybridized carbons (Fsp3) is 0.273. The molecule has 6 heteroatoms. The molecule has 0 N–H and O–H groups in total. The molecule has 0 saturated carbocycles. The normalized spacial score (nSPS) is 14.1. The smallest absolute Gasteiger partial charge is 0.300 e. The van der Waals surface area contributed by atoms with Gasteiger partial charge in [-0.05, 0) is 24.6 Å². The largest absolute Gasteiger partial charge is 0.433 e. The molecule has 1 atom stereocenters. The van der Waals surface area contributed by atoms with Crippen molar-refractivity contribution >= 4 is 41.2 Å². The lowest BCUT2D eigenvalue weighted by Crippen LogP contribution is -1.91. The van der Waals surface area contributed by atoms with Gasteiger partial charge in [0.15, 0.2) is 5.75 Å². The first-order valence-corrected chi connectivity index (χ1v) is 9.26. The van der Waals surface area contributed by atoms with Crippen molar-refractivity contribution < 1.29 is 9.09 Å². The summed E-state index contributed by atoms with van der Waals surface area (Å²) in [4.78, 5) is 0. The maximum Gasteiger partial charge on any atom is 0.300 e. The molecular weight excluding hydrogens is 298 g/mol. The molecule has 0 aliphatic heterocycles. The Hall–Kier alpha value is -0.0800. The van der Waals surface area contributed by atoms with Crippen LogP contribution in [-0.4, -0.2) is 12.4 Å². The number of aryl methyl sites for hydroxylation is 1. The van der Waals surface area contributed by atoms with Crippen molar-refractivity contribution in [3.63, 3.8) is 0 Å². The molecule has 17 heavy (non-hydrogen) atoms. The molecular formula is C11H13Cl2O2PS. The Labute approximate surface area is 116 Å². The molecule has 0 aliphatic rings. The van der Waals surface area contributed by atoms with Crippen molar-refractivity contribution in [3.05, 3.63) is 40.4 Å². The highest BCUT2D eigenvalue weighted by Gasteiger charge is 2.21. The van der Waals surface area contributed by atoms with Crippen LogP contribution in [0.1, 0.15) is 5.56 Å². The second-order valence-corrected chi connectivity index (χ2v) is 9.40. The molecule has 0 spiro atoms. The molecule has 0 aliphatic carbocycles. The molecule has 1 aromatic rings. The zero-order valence-corrected chi connectivity index (χ0v) is 12.8. The van der Waals surface area contributed by atoms with E-state index in [9.17, 15) is 4.57 Å². The van der Waals surface area contributed by atoms with Gasteiger partial charge in [-0.1, -0.05) is 40.7 Å². The van der Waals surface area contributed by atoms with Crippen LogP contribution in [-0.2, 0) is 4.57 Å². The summed E-state index contributed by atoms with van der Waals surface area (Å²) in [5.74, 6) is 0.829. The predicted molar refractivity (Wildman–Crippen MR) is 78.0 cm³/mol. The molecule has 0 radical (unpaired) electrons. The third-order valence-corrected chi connectivity index (χ3v) is 5.83. The van der Waals surface area contributed by atoms with Crippen molar-refractivity contribution in [1.82, 2.24) is 0 Å². The van der Waals surface area contributed by atoms with E-state index in [1.807, 2.05) is 6.92 Å². The zero-order chi connectivity index (χ0) is 13.1. The highest BCUT2D eigenvalue weighted by molar-refractivity contribution is 8.56. The molecule has 0 fully saturated rings. The van der Waals surface area contributed by atoms with Crippen molar-refractivity contribution in [2.45, 2.75) is 6.92 Å². The second-order valence-electron chi connectivity index (χ2n) is 3.50. The first-order valence-electron chi connectivity index (χ1n) is 4.84. The van der Waals surface area contributed by atoms with Gasteiger partial charge in [0.25, 0.3) is 0 Å². The number of halogens is 2. The van der Waals surface area contributed by atoms with Crippen molar-refractivity contribution in [2.75, 3.05) is 12.4 Å². The van der Waals surface area contributed by atoms with Crippen molar-refractivity contribution in [1.29, 1.82) is 0 Å². The summed E-state index contributed by atoms with van der Waals surface area (Å²) in [5, 5.41) is 0.743. The topological polar surface area (TPSA) is 26.3 Å². The Morgan fingerprint density at radius 1 is 1.47 bits per heavy atom. The molecule has 0 bridgehead atoms. The fourth-order valence-electron chi connectivity index (χ4n) is 1.15. The van der Waals surface area contributed by atoms with Gasteiger partial charge < -0.3 is 4.52 Å². The van der Waals surface area contributed by atoms with Gasteiger partial charge in [-0.15, -0.1) is 6.58 Å². The Kier molecular flexibility index (Phi) is 5.46. The van der Waals surface area contributed by atoms with E-state index in [0.717, 1.165) is 5.56 Å². The lowest BCUT2D eigenvalue weighted by Gasteiger charge is -2.16. The summed E-state index contributed by atoms with van der Waals surface area (Å²) < 4.78 is 17.5. The van der Waals surface area contributed by atoms with E-state index in [4.69, 9.17) is 27.7 Å². The Balaban J connectivity index is 2.95. The fourth-order valence-corrected chi connectivity index (χ4v) is 4.40. The van der Waals surface area contributed by atoms with Gasteiger partial charge in [0, 0.05) is 12.4 Å². The standard InChI is InChI=1S/C11H13Cl2O2PS/c1-4-5-17-16(3,14)15-11-9(12)6-8(2)7-10(11)13/h4,6-7H,1,5H2,2-3H3. The van der Waals surface area contributed by atoms with E-state index in [-0.39, 0.29) is 5.75 Å². The summed E-state index contributed by atoms with van der Waals surface area (Å²) in [6.45, 7) is 4.15. The zero-order valence-electron chi connectivity index (χ0n) is 9.57. The van der Waals surface area contributed by atoms with E-state index < -0.39 is 6.57 Å². The lowest BCUT2D eigenvalue weighted by atomic mass is 10.2. The van der Waals surface area contributed by atoms with Crippen LogP contribution in [0.2, 0.25) is 10.0 Å². The second kappa shape index (κ2) is 6.19. The molecule has 0 heterocycles. The molecule has 1 unspecified atom stereocenters. The number of hydrogen-bond donors (Lipinski definition) is 0. The minimum absolute atomic E-state index is 0.279. The van der Waals surface area contributed by atoms with Gasteiger partial charge >= 0.3 is 6.57 Å². The van der Waals surface area contributed by atoms with Crippen LogP contribution in [0.4, 0.5) is 0 Å². The first kappa shape index (κ1) is 15.0. The summed E-state index contributed by atoms with van der Waals surface area (Å²) in [7, 11) is 0. The minimum atomic E-state index is -2.82. The van der Waals surface area contributed by atoms with Gasteiger partial charge in [0.05, 0.1) is 10.0 Å². The van der Waals surface area contributed by atoms with Crippen LogP contribution in [0.3, 0.4) is 0 Å². The number of rotatable bonds is 5. The molecule has 2 nitrogen and oxygen atoms in total. The van der Waals surface area contributed by atoms with Crippen LogP contribution < -0.4 is 4.52 Å².